The molecule has 3 aliphatic heterocycles. The lowest BCUT2D eigenvalue weighted by molar-refractivity contribution is 0.135. The highest BCUT2D eigenvalue weighted by Gasteiger charge is 2.43. The Hall–Kier alpha value is -3.69. The Balaban J connectivity index is 0.000000114. The Kier molecular flexibility index (Phi) is 14.1. The molecule has 6 aliphatic carbocycles. The number of hydrogen-bond donors (Lipinski definition) is 0. The lowest BCUT2D eigenvalue weighted by Crippen LogP contribution is -2.51. The summed E-state index contributed by atoms with van der Waals surface area (Å²) in [6, 6.07) is 25.9. The number of nitrogens with zero attached hydrogens (tertiary/aromatic N) is 6. The average Bonchev–Trinajstić information content (AvgIpc) is 4.24. The van der Waals surface area contributed by atoms with Gasteiger partial charge in [0.2, 0.25) is 0 Å². The first-order valence-electron chi connectivity index (χ1n) is 25.3. The van der Waals surface area contributed by atoms with Gasteiger partial charge in [-0.3, -0.25) is 14.7 Å². The van der Waals surface area contributed by atoms with Gasteiger partial charge in [0.05, 0.1) is 36.3 Å². The summed E-state index contributed by atoms with van der Waals surface area (Å²) in [5, 5.41) is 0.879. The van der Waals surface area contributed by atoms with Crippen molar-refractivity contribution >= 4 is 28.7 Å². The van der Waals surface area contributed by atoms with Gasteiger partial charge in [0.25, 0.3) is 0 Å². The molecule has 0 N–H and O–H groups in total. The minimum atomic E-state index is 0.872. The number of ether oxygens (including phenoxy) is 2. The molecule has 3 heterocycles. The lowest BCUT2D eigenvalue weighted by Gasteiger charge is -2.42. The second kappa shape index (κ2) is 20.4. The van der Waals surface area contributed by atoms with E-state index in [0.717, 1.165) is 109 Å². The Bertz CT molecular complexity index is 2040. The number of rotatable bonds is 10. The highest BCUT2D eigenvalue weighted by Crippen LogP contribution is 2.47. The minimum Gasteiger partial charge on any atom is -0.495 e. The summed E-state index contributed by atoms with van der Waals surface area (Å²) in [6.45, 7) is 16.4. The van der Waals surface area contributed by atoms with E-state index in [1.54, 1.807) is 14.2 Å². The van der Waals surface area contributed by atoms with Gasteiger partial charge in [-0.15, -0.1) is 0 Å². The first kappa shape index (κ1) is 44.2. The van der Waals surface area contributed by atoms with E-state index in [9.17, 15) is 0 Å². The molecule has 3 aromatic rings. The van der Waals surface area contributed by atoms with Gasteiger partial charge in [-0.1, -0.05) is 78.7 Å². The molecule has 344 valence electrons. The largest absolute Gasteiger partial charge is 0.495 e. The third-order valence-corrected chi connectivity index (χ3v) is 17.4. The highest BCUT2D eigenvalue weighted by molar-refractivity contribution is 6.33. The molecule has 12 rings (SSSR count). The number of methoxy groups -OCH3 is 2. The van der Waals surface area contributed by atoms with Gasteiger partial charge < -0.3 is 24.2 Å². The maximum Gasteiger partial charge on any atom is 0.142 e. The van der Waals surface area contributed by atoms with Gasteiger partial charge in [-0.25, -0.2) is 0 Å². The summed E-state index contributed by atoms with van der Waals surface area (Å²) in [4.78, 5) is 15.5. The zero-order chi connectivity index (χ0) is 43.4. The van der Waals surface area contributed by atoms with Crippen molar-refractivity contribution < 1.29 is 9.47 Å². The Morgan fingerprint density at radius 2 is 0.953 bits per heavy atom. The van der Waals surface area contributed by atoms with E-state index in [4.69, 9.17) is 21.1 Å². The van der Waals surface area contributed by atoms with E-state index in [0.29, 0.717) is 0 Å². The van der Waals surface area contributed by atoms with Crippen LogP contribution in [0.3, 0.4) is 0 Å². The van der Waals surface area contributed by atoms with E-state index in [2.05, 4.69) is 102 Å². The molecule has 9 unspecified atom stereocenters. The van der Waals surface area contributed by atoms with E-state index in [1.807, 2.05) is 24.3 Å². The molecule has 4 saturated carbocycles. The lowest BCUT2D eigenvalue weighted by atomic mass is 9.93. The smallest absolute Gasteiger partial charge is 0.142 e. The monoisotopic (exact) mass is 887 g/mol. The van der Waals surface area contributed by atoms with Crippen LogP contribution < -0.4 is 24.2 Å². The molecule has 9 aliphatic rings. The molecule has 6 bridgehead atoms. The van der Waals surface area contributed by atoms with E-state index in [1.165, 1.54) is 121 Å². The SMILES string of the molecule is COc1ccccc1N1CCN(C2CC3CCC2C3)CC1.COc1ccccc1N1CCN(CC2CC3C=CC2C3)CC1.Clc1ccccc1N1CCN(CC2CC3C=CC2C3)CC1. The molecule has 0 radical (unpaired) electrons. The molecule has 64 heavy (non-hydrogen) atoms. The zero-order valence-electron chi connectivity index (χ0n) is 38.9. The number of fused-ring (bicyclic) bond motifs is 6. The Morgan fingerprint density at radius 1 is 0.484 bits per heavy atom. The van der Waals surface area contributed by atoms with Crippen LogP contribution in [0.4, 0.5) is 17.1 Å². The molecular formula is C55H75ClN6O2. The van der Waals surface area contributed by atoms with Crippen molar-refractivity contribution in [3.8, 4) is 11.5 Å². The Morgan fingerprint density at radius 3 is 1.38 bits per heavy atom. The molecule has 9 atom stereocenters. The van der Waals surface area contributed by atoms with Gasteiger partial charge in [0.15, 0.2) is 0 Å². The van der Waals surface area contributed by atoms with Gasteiger partial charge in [-0.2, -0.15) is 0 Å². The molecule has 3 saturated heterocycles. The second-order valence-electron chi connectivity index (χ2n) is 20.7. The summed E-state index contributed by atoms with van der Waals surface area (Å²) in [6.07, 6.45) is 21.5. The number of halogens is 1. The first-order valence-corrected chi connectivity index (χ1v) is 25.7. The highest BCUT2D eigenvalue weighted by atomic mass is 35.5. The fraction of sp³-hybridized carbons (Fsp3) is 0.600. The van der Waals surface area contributed by atoms with Gasteiger partial charge in [0, 0.05) is 97.7 Å². The van der Waals surface area contributed by atoms with Crippen molar-refractivity contribution in [3.05, 3.63) is 102 Å². The van der Waals surface area contributed by atoms with Crippen LogP contribution in [-0.4, -0.2) is 127 Å². The van der Waals surface area contributed by atoms with Crippen LogP contribution in [0.5, 0.6) is 11.5 Å². The van der Waals surface area contributed by atoms with Crippen LogP contribution >= 0.6 is 11.6 Å². The van der Waals surface area contributed by atoms with Crippen LogP contribution in [0.1, 0.15) is 51.4 Å². The fourth-order valence-electron chi connectivity index (χ4n) is 13.7. The molecule has 8 nitrogen and oxygen atoms in total. The number of allylic oxidation sites excluding steroid dienone is 4. The Labute approximate surface area is 390 Å². The molecule has 0 spiro atoms. The zero-order valence-corrected chi connectivity index (χ0v) is 39.6. The maximum atomic E-state index is 6.31. The van der Waals surface area contributed by atoms with E-state index in [-0.39, 0.29) is 0 Å². The minimum absolute atomic E-state index is 0.872. The fourth-order valence-corrected chi connectivity index (χ4v) is 13.9. The standard InChI is InChI=1S/C19H26N2O.C18H23ClN2.C18H26N2O/c1-22-19-5-3-2-4-18(19)21-10-8-20(9-11-21)14-17-13-15-6-7-16(17)12-15;19-17-3-1-2-4-18(17)21-9-7-20(8-10-21)13-16-12-14-5-6-15(16)11-14;1-21-18-5-3-2-4-16(18)19-8-10-20(11-9-19)17-13-14-6-7-15(17)12-14/h2-7,15-17H,8-14H2,1H3;1-6,14-16H,7-13H2;2-5,14-15,17H,6-13H2,1H3. The third kappa shape index (κ3) is 10.0. The van der Waals surface area contributed by atoms with Crippen molar-refractivity contribution in [1.82, 2.24) is 14.7 Å². The molecular weight excluding hydrogens is 812 g/mol. The van der Waals surface area contributed by atoms with Crippen molar-refractivity contribution in [3.63, 3.8) is 0 Å². The van der Waals surface area contributed by atoms with Crippen molar-refractivity contribution in [2.45, 2.75) is 57.4 Å². The number of para-hydroxylation sites is 5. The van der Waals surface area contributed by atoms with Crippen molar-refractivity contribution in [2.24, 2.45) is 47.3 Å². The van der Waals surface area contributed by atoms with Gasteiger partial charge in [0.1, 0.15) is 11.5 Å². The molecule has 7 fully saturated rings. The van der Waals surface area contributed by atoms with Gasteiger partial charge >= 0.3 is 0 Å². The van der Waals surface area contributed by atoms with Gasteiger partial charge in [-0.05, 0) is 129 Å². The summed E-state index contributed by atoms with van der Waals surface area (Å²) in [7, 11) is 3.53. The molecule has 9 heteroatoms. The van der Waals surface area contributed by atoms with E-state index < -0.39 is 0 Å². The predicted molar refractivity (Wildman–Crippen MR) is 265 cm³/mol. The predicted octanol–water partition coefficient (Wildman–Crippen LogP) is 9.71. The summed E-state index contributed by atoms with van der Waals surface area (Å²) >= 11 is 6.31. The van der Waals surface area contributed by atoms with E-state index >= 15 is 0 Å². The maximum absolute atomic E-state index is 6.31. The van der Waals surface area contributed by atoms with Crippen LogP contribution in [0.25, 0.3) is 0 Å². The van der Waals surface area contributed by atoms with Crippen LogP contribution in [0.2, 0.25) is 5.02 Å². The number of piperazine rings is 3. The van der Waals surface area contributed by atoms with Crippen LogP contribution in [-0.2, 0) is 0 Å². The molecule has 3 aromatic carbocycles. The summed E-state index contributed by atoms with van der Waals surface area (Å²) in [5.41, 5.74) is 3.70. The first-order chi connectivity index (χ1) is 31.5. The number of anilines is 3. The molecule has 0 aromatic heterocycles. The van der Waals surface area contributed by atoms with Crippen molar-refractivity contribution in [2.75, 3.05) is 121 Å². The normalized spacial score (nSPS) is 31.9. The topological polar surface area (TPSA) is 37.9 Å². The average molecular weight is 888 g/mol. The quantitative estimate of drug-likeness (QED) is 0.187. The van der Waals surface area contributed by atoms with Crippen LogP contribution in [0, 0.1) is 47.3 Å². The summed E-state index contributed by atoms with van der Waals surface area (Å²) in [5.74, 6) is 9.41. The molecule has 0 amide bonds. The second-order valence-corrected chi connectivity index (χ2v) is 21.1. The van der Waals surface area contributed by atoms with Crippen molar-refractivity contribution in [1.29, 1.82) is 0 Å². The summed E-state index contributed by atoms with van der Waals surface area (Å²) < 4.78 is 11.0. The number of hydrogen-bond acceptors (Lipinski definition) is 8. The van der Waals surface area contributed by atoms with Crippen LogP contribution in [0.15, 0.2) is 97.1 Å². The number of benzene rings is 3. The third-order valence-electron chi connectivity index (χ3n) is 17.1.